The van der Waals surface area contributed by atoms with Crippen LogP contribution in [0.2, 0.25) is 0 Å². The molecule has 1 amide bonds. The molecule has 3 rings (SSSR count). The van der Waals surface area contributed by atoms with Gasteiger partial charge in [0.1, 0.15) is 11.3 Å². The molecule has 2 saturated heterocycles. The fourth-order valence-electron chi connectivity index (χ4n) is 4.48. The van der Waals surface area contributed by atoms with Gasteiger partial charge in [0.25, 0.3) is 5.91 Å². The van der Waals surface area contributed by atoms with Gasteiger partial charge in [-0.25, -0.2) is 13.2 Å². The summed E-state index contributed by atoms with van der Waals surface area (Å²) in [5.74, 6) is -0.785. The highest BCUT2D eigenvalue weighted by Crippen LogP contribution is 2.27. The number of esters is 1. The number of nitrogens with zero attached hydrogens (tertiary/aromatic N) is 2. The van der Waals surface area contributed by atoms with Crippen LogP contribution in [0, 0.1) is 0 Å². The van der Waals surface area contributed by atoms with Gasteiger partial charge in [0.15, 0.2) is 6.61 Å². The lowest BCUT2D eigenvalue weighted by Gasteiger charge is -2.35. The molecule has 0 saturated carbocycles. The topological polar surface area (TPSA) is 93.2 Å². The number of methoxy groups -OCH3 is 1. The molecular formula is C23H34N2O6S. The van der Waals surface area contributed by atoms with E-state index in [4.69, 9.17) is 9.47 Å². The Morgan fingerprint density at radius 3 is 2.38 bits per heavy atom. The molecule has 178 valence electrons. The summed E-state index contributed by atoms with van der Waals surface area (Å²) in [6.07, 6.45) is 7.53. The van der Waals surface area contributed by atoms with Crippen molar-refractivity contribution in [1.29, 1.82) is 0 Å². The zero-order valence-electron chi connectivity index (χ0n) is 19.0. The zero-order valence-corrected chi connectivity index (χ0v) is 19.9. The van der Waals surface area contributed by atoms with Crippen LogP contribution >= 0.6 is 0 Å². The van der Waals surface area contributed by atoms with Crippen molar-refractivity contribution in [1.82, 2.24) is 9.21 Å². The molecule has 2 heterocycles. The highest BCUT2D eigenvalue weighted by atomic mass is 32.2. The predicted octanol–water partition coefficient (Wildman–Crippen LogP) is 3.21. The van der Waals surface area contributed by atoms with E-state index in [-0.39, 0.29) is 34.8 Å². The summed E-state index contributed by atoms with van der Waals surface area (Å²) in [4.78, 5) is 27.2. The van der Waals surface area contributed by atoms with Crippen molar-refractivity contribution in [3.05, 3.63) is 23.8 Å². The molecule has 2 aliphatic heterocycles. The Balaban J connectivity index is 1.74. The fraction of sp³-hybridized carbons (Fsp3) is 0.652. The first kappa shape index (κ1) is 24.5. The van der Waals surface area contributed by atoms with E-state index < -0.39 is 16.0 Å². The molecule has 0 radical (unpaired) electrons. The van der Waals surface area contributed by atoms with Crippen molar-refractivity contribution in [2.24, 2.45) is 0 Å². The third kappa shape index (κ3) is 5.61. The van der Waals surface area contributed by atoms with Crippen LogP contribution in [-0.2, 0) is 19.6 Å². The van der Waals surface area contributed by atoms with Crippen LogP contribution in [0.5, 0.6) is 5.75 Å². The Morgan fingerprint density at radius 2 is 1.72 bits per heavy atom. The number of piperidine rings is 1. The number of likely N-dealkylation sites (tertiary alicyclic amines) is 1. The minimum absolute atomic E-state index is 0.00174. The summed E-state index contributed by atoms with van der Waals surface area (Å²) in [7, 11) is -2.33. The minimum Gasteiger partial charge on any atom is -0.496 e. The molecule has 0 aliphatic carbocycles. The normalized spacial score (nSPS) is 20.4. The molecule has 1 aromatic rings. The maximum atomic E-state index is 13.1. The van der Waals surface area contributed by atoms with Crippen molar-refractivity contribution >= 4 is 21.9 Å². The monoisotopic (exact) mass is 466 g/mol. The molecule has 1 unspecified atom stereocenters. The maximum absolute atomic E-state index is 13.1. The number of hydrogen-bond donors (Lipinski definition) is 0. The number of sulfonamides is 1. The first-order valence-electron chi connectivity index (χ1n) is 11.5. The second kappa shape index (κ2) is 11.1. The first-order chi connectivity index (χ1) is 15.4. The first-order valence-corrected chi connectivity index (χ1v) is 13.0. The Hall–Kier alpha value is -2.13. The summed E-state index contributed by atoms with van der Waals surface area (Å²) in [6, 6.07) is 4.37. The van der Waals surface area contributed by atoms with Crippen LogP contribution in [0.25, 0.3) is 0 Å². The molecule has 0 spiro atoms. The molecule has 8 nitrogen and oxygen atoms in total. The van der Waals surface area contributed by atoms with Gasteiger partial charge in [0.2, 0.25) is 10.0 Å². The summed E-state index contributed by atoms with van der Waals surface area (Å²) in [5, 5.41) is 0. The van der Waals surface area contributed by atoms with E-state index in [2.05, 4.69) is 0 Å². The lowest BCUT2D eigenvalue weighted by molar-refractivity contribution is -0.138. The summed E-state index contributed by atoms with van der Waals surface area (Å²) in [5.41, 5.74) is 0.00174. The van der Waals surface area contributed by atoms with Crippen molar-refractivity contribution in [3.63, 3.8) is 0 Å². The van der Waals surface area contributed by atoms with E-state index in [0.717, 1.165) is 51.4 Å². The second-order valence-electron chi connectivity index (χ2n) is 8.40. The standard InChI is InChI=1S/C23H34N2O6S/c1-3-18-10-6-9-15-25(18)22(26)17-31-23(27)20-16-19(11-12-21(20)30-2)32(28,29)24-13-7-4-5-8-14-24/h11-12,16,18H,3-10,13-15,17H2,1-2H3. The van der Waals surface area contributed by atoms with Crippen molar-refractivity contribution in [3.8, 4) is 5.75 Å². The number of hydrogen-bond acceptors (Lipinski definition) is 6. The number of carbonyl (C=O) groups is 2. The van der Waals surface area contributed by atoms with Gasteiger partial charge < -0.3 is 14.4 Å². The zero-order chi connectivity index (χ0) is 23.1. The van der Waals surface area contributed by atoms with E-state index >= 15 is 0 Å². The largest absolute Gasteiger partial charge is 0.496 e. The molecule has 1 atom stereocenters. The van der Waals surface area contributed by atoms with Crippen molar-refractivity contribution in [2.45, 2.75) is 69.2 Å². The fourth-order valence-corrected chi connectivity index (χ4v) is 6.02. The third-order valence-electron chi connectivity index (χ3n) is 6.34. The number of rotatable bonds is 7. The second-order valence-corrected chi connectivity index (χ2v) is 10.3. The average Bonchev–Trinajstić information content (AvgIpc) is 3.12. The van der Waals surface area contributed by atoms with Gasteiger partial charge >= 0.3 is 5.97 Å². The van der Waals surface area contributed by atoms with Crippen LogP contribution in [0.4, 0.5) is 0 Å². The Morgan fingerprint density at radius 1 is 1.03 bits per heavy atom. The molecule has 9 heteroatoms. The molecule has 0 bridgehead atoms. The van der Waals surface area contributed by atoms with Crippen LogP contribution < -0.4 is 4.74 Å². The number of amides is 1. The van der Waals surface area contributed by atoms with E-state index in [0.29, 0.717) is 19.6 Å². The van der Waals surface area contributed by atoms with Gasteiger partial charge in [-0.2, -0.15) is 4.31 Å². The van der Waals surface area contributed by atoms with Gasteiger partial charge in [0.05, 0.1) is 12.0 Å². The van der Waals surface area contributed by atoms with Crippen LogP contribution in [0.15, 0.2) is 23.1 Å². The average molecular weight is 467 g/mol. The van der Waals surface area contributed by atoms with E-state index in [9.17, 15) is 18.0 Å². The lowest BCUT2D eigenvalue weighted by Crippen LogP contribution is -2.45. The van der Waals surface area contributed by atoms with Gasteiger partial charge in [-0.3, -0.25) is 4.79 Å². The smallest absolute Gasteiger partial charge is 0.342 e. The molecular weight excluding hydrogens is 432 g/mol. The highest BCUT2D eigenvalue weighted by Gasteiger charge is 2.29. The quantitative estimate of drug-likeness (QED) is 0.573. The molecule has 0 N–H and O–H groups in total. The van der Waals surface area contributed by atoms with Gasteiger partial charge in [-0.05, 0) is 56.7 Å². The summed E-state index contributed by atoms with van der Waals surface area (Å²) < 4.78 is 38.3. The van der Waals surface area contributed by atoms with Crippen LogP contribution in [0.1, 0.15) is 68.6 Å². The Labute approximate surface area is 190 Å². The lowest BCUT2D eigenvalue weighted by atomic mass is 10.00. The summed E-state index contributed by atoms with van der Waals surface area (Å²) >= 11 is 0. The van der Waals surface area contributed by atoms with Gasteiger partial charge in [0, 0.05) is 25.7 Å². The third-order valence-corrected chi connectivity index (χ3v) is 8.23. The number of carbonyl (C=O) groups excluding carboxylic acids is 2. The molecule has 1 aromatic carbocycles. The number of benzene rings is 1. The molecule has 32 heavy (non-hydrogen) atoms. The molecule has 0 aromatic heterocycles. The molecule has 2 fully saturated rings. The SMILES string of the molecule is CCC1CCCCN1C(=O)COC(=O)c1cc(S(=O)(=O)N2CCCCCC2)ccc1OC. The predicted molar refractivity (Wildman–Crippen MR) is 120 cm³/mol. The van der Waals surface area contributed by atoms with E-state index in [1.165, 1.54) is 29.6 Å². The van der Waals surface area contributed by atoms with Crippen LogP contribution in [-0.4, -0.2) is 68.9 Å². The van der Waals surface area contributed by atoms with Gasteiger partial charge in [-0.1, -0.05) is 19.8 Å². The van der Waals surface area contributed by atoms with E-state index in [1.54, 1.807) is 4.90 Å². The van der Waals surface area contributed by atoms with Crippen LogP contribution in [0.3, 0.4) is 0 Å². The van der Waals surface area contributed by atoms with Crippen molar-refractivity contribution in [2.75, 3.05) is 33.4 Å². The summed E-state index contributed by atoms with van der Waals surface area (Å²) in [6.45, 7) is 3.28. The van der Waals surface area contributed by atoms with Gasteiger partial charge in [-0.15, -0.1) is 0 Å². The minimum atomic E-state index is -3.73. The molecule has 2 aliphatic rings. The van der Waals surface area contributed by atoms with Crippen molar-refractivity contribution < 1.29 is 27.5 Å². The number of ether oxygens (including phenoxy) is 2. The Kier molecular flexibility index (Phi) is 8.53. The Bertz CT molecular complexity index is 909. The van der Waals surface area contributed by atoms with E-state index in [1.807, 2.05) is 6.92 Å². The highest BCUT2D eigenvalue weighted by molar-refractivity contribution is 7.89. The maximum Gasteiger partial charge on any atom is 0.342 e.